The maximum atomic E-state index is 12.4. The molecule has 1 N–H and O–H groups in total. The first-order chi connectivity index (χ1) is 11.7. The van der Waals surface area contributed by atoms with Crippen molar-refractivity contribution in [1.82, 2.24) is 0 Å². The highest BCUT2D eigenvalue weighted by Crippen LogP contribution is 2.25. The van der Waals surface area contributed by atoms with Crippen LogP contribution in [-0.2, 0) is 4.79 Å². The summed E-state index contributed by atoms with van der Waals surface area (Å²) >= 11 is 1.58. The van der Waals surface area contributed by atoms with Gasteiger partial charge in [-0.2, -0.15) is 0 Å². The fourth-order valence-corrected chi connectivity index (χ4v) is 3.80. The summed E-state index contributed by atoms with van der Waals surface area (Å²) < 4.78 is 0. The Bertz CT molecular complexity index is 651. The van der Waals surface area contributed by atoms with E-state index in [4.69, 9.17) is 0 Å². The van der Waals surface area contributed by atoms with Crippen LogP contribution < -0.4 is 10.2 Å². The zero-order valence-electron chi connectivity index (χ0n) is 14.1. The van der Waals surface area contributed by atoms with Gasteiger partial charge in [-0.15, -0.1) is 11.8 Å². The molecule has 1 amide bonds. The lowest BCUT2D eigenvalue weighted by atomic mass is 10.1. The minimum Gasteiger partial charge on any atom is -0.372 e. The molecule has 4 heteroatoms. The van der Waals surface area contributed by atoms with Crippen LogP contribution in [0, 0.1) is 0 Å². The van der Waals surface area contributed by atoms with Crippen LogP contribution in [0.5, 0.6) is 0 Å². The van der Waals surface area contributed by atoms with Gasteiger partial charge in [-0.3, -0.25) is 4.79 Å². The Morgan fingerprint density at radius 2 is 1.67 bits per heavy atom. The maximum absolute atomic E-state index is 12.4. The molecule has 1 aliphatic rings. The van der Waals surface area contributed by atoms with Crippen LogP contribution in [-0.4, -0.2) is 24.2 Å². The maximum Gasteiger partial charge on any atom is 0.237 e. The van der Waals surface area contributed by atoms with Gasteiger partial charge < -0.3 is 10.2 Å². The summed E-state index contributed by atoms with van der Waals surface area (Å²) in [7, 11) is 0. The van der Waals surface area contributed by atoms with Crippen molar-refractivity contribution in [3.05, 3.63) is 54.6 Å². The van der Waals surface area contributed by atoms with Crippen molar-refractivity contribution in [2.45, 2.75) is 36.3 Å². The molecule has 0 aromatic heterocycles. The van der Waals surface area contributed by atoms with Gasteiger partial charge in [-0.1, -0.05) is 18.2 Å². The van der Waals surface area contributed by atoms with Crippen molar-refractivity contribution < 1.29 is 4.79 Å². The number of carbonyl (C=O) groups excluding carboxylic acids is 1. The molecule has 1 fully saturated rings. The average Bonchev–Trinajstić information content (AvgIpc) is 2.64. The Morgan fingerprint density at radius 1 is 1.00 bits per heavy atom. The second-order valence-corrected chi connectivity index (χ2v) is 7.57. The van der Waals surface area contributed by atoms with Gasteiger partial charge in [0.1, 0.15) is 0 Å². The van der Waals surface area contributed by atoms with Crippen molar-refractivity contribution in [2.75, 3.05) is 23.3 Å². The minimum atomic E-state index is -0.130. The van der Waals surface area contributed by atoms with Crippen LogP contribution >= 0.6 is 11.8 Å². The van der Waals surface area contributed by atoms with Gasteiger partial charge in [0.15, 0.2) is 0 Å². The molecule has 0 aliphatic carbocycles. The Kier molecular flexibility index (Phi) is 5.81. The first kappa shape index (κ1) is 16.9. The molecule has 0 bridgehead atoms. The highest BCUT2D eigenvalue weighted by molar-refractivity contribution is 8.00. The number of nitrogens with one attached hydrogen (secondary N) is 1. The summed E-state index contributed by atoms with van der Waals surface area (Å²) in [5.74, 6) is 0.0366. The van der Waals surface area contributed by atoms with E-state index in [1.54, 1.807) is 11.8 Å². The summed E-state index contributed by atoms with van der Waals surface area (Å²) in [6.07, 6.45) is 3.88. The third kappa shape index (κ3) is 4.54. The number of anilines is 2. The van der Waals surface area contributed by atoms with Gasteiger partial charge in [0.2, 0.25) is 5.91 Å². The van der Waals surface area contributed by atoms with Crippen LogP contribution in [0.4, 0.5) is 11.4 Å². The molecule has 3 rings (SSSR count). The van der Waals surface area contributed by atoms with Gasteiger partial charge in [0, 0.05) is 29.4 Å². The van der Waals surface area contributed by atoms with Gasteiger partial charge in [0.05, 0.1) is 5.25 Å². The third-order valence-electron chi connectivity index (χ3n) is 4.28. The Morgan fingerprint density at radius 3 is 2.33 bits per heavy atom. The van der Waals surface area contributed by atoms with E-state index in [0.29, 0.717) is 0 Å². The molecule has 126 valence electrons. The molecule has 0 spiro atoms. The molecule has 1 saturated heterocycles. The van der Waals surface area contributed by atoms with Crippen molar-refractivity contribution in [1.29, 1.82) is 0 Å². The van der Waals surface area contributed by atoms with Crippen molar-refractivity contribution in [3.63, 3.8) is 0 Å². The van der Waals surface area contributed by atoms with Crippen LogP contribution in [0.2, 0.25) is 0 Å². The third-order valence-corrected chi connectivity index (χ3v) is 5.39. The number of amides is 1. The molecule has 1 atom stereocenters. The molecule has 1 heterocycles. The number of hydrogen-bond acceptors (Lipinski definition) is 3. The predicted molar refractivity (Wildman–Crippen MR) is 103 cm³/mol. The molecule has 1 aliphatic heterocycles. The average molecular weight is 340 g/mol. The highest BCUT2D eigenvalue weighted by Gasteiger charge is 2.15. The van der Waals surface area contributed by atoms with Gasteiger partial charge in [-0.05, 0) is 62.6 Å². The molecule has 0 saturated carbocycles. The number of rotatable bonds is 5. The number of benzene rings is 2. The Hall–Kier alpha value is -1.94. The molecular weight excluding hydrogens is 316 g/mol. The van der Waals surface area contributed by atoms with E-state index < -0.39 is 0 Å². The molecule has 2 aromatic carbocycles. The number of nitrogens with zero attached hydrogens (tertiary/aromatic N) is 1. The van der Waals surface area contributed by atoms with Crippen molar-refractivity contribution >= 4 is 29.0 Å². The Balaban J connectivity index is 1.55. The largest absolute Gasteiger partial charge is 0.372 e. The molecule has 1 unspecified atom stereocenters. The lowest BCUT2D eigenvalue weighted by molar-refractivity contribution is -0.115. The van der Waals surface area contributed by atoms with E-state index in [1.165, 1.54) is 24.9 Å². The predicted octanol–water partition coefficient (Wildman–Crippen LogP) is 4.80. The fourth-order valence-electron chi connectivity index (χ4n) is 2.91. The van der Waals surface area contributed by atoms with Crippen LogP contribution in [0.1, 0.15) is 26.2 Å². The fraction of sp³-hybridized carbons (Fsp3) is 0.350. The van der Waals surface area contributed by atoms with Gasteiger partial charge in [0.25, 0.3) is 0 Å². The van der Waals surface area contributed by atoms with E-state index in [1.807, 2.05) is 49.4 Å². The number of hydrogen-bond donors (Lipinski definition) is 1. The van der Waals surface area contributed by atoms with Crippen molar-refractivity contribution in [2.24, 2.45) is 0 Å². The standard InChI is InChI=1S/C20H24N2OS/c1-16(24-19-8-4-2-5-9-19)20(23)21-17-10-12-18(13-11-17)22-14-6-3-7-15-22/h2,4-5,8-13,16H,3,6-7,14-15H2,1H3,(H,21,23). The highest BCUT2D eigenvalue weighted by atomic mass is 32.2. The van der Waals surface area contributed by atoms with E-state index in [0.717, 1.165) is 23.7 Å². The number of thioether (sulfide) groups is 1. The van der Waals surface area contributed by atoms with Crippen molar-refractivity contribution in [3.8, 4) is 0 Å². The summed E-state index contributed by atoms with van der Waals surface area (Å²) in [5, 5.41) is 2.88. The number of carbonyl (C=O) groups is 1. The molecule has 3 nitrogen and oxygen atoms in total. The van der Waals surface area contributed by atoms with Crippen LogP contribution in [0.3, 0.4) is 0 Å². The minimum absolute atomic E-state index is 0.0366. The quantitative estimate of drug-likeness (QED) is 0.794. The first-order valence-corrected chi connectivity index (χ1v) is 9.48. The van der Waals surface area contributed by atoms with E-state index in [2.05, 4.69) is 22.3 Å². The smallest absolute Gasteiger partial charge is 0.237 e. The number of piperidine rings is 1. The van der Waals surface area contributed by atoms with Crippen LogP contribution in [0.15, 0.2) is 59.5 Å². The van der Waals surface area contributed by atoms with E-state index >= 15 is 0 Å². The zero-order chi connectivity index (χ0) is 16.8. The SMILES string of the molecule is CC(Sc1ccccc1)C(=O)Nc1ccc(N2CCCCC2)cc1. The lowest BCUT2D eigenvalue weighted by Crippen LogP contribution is -2.29. The topological polar surface area (TPSA) is 32.3 Å². The normalized spacial score (nSPS) is 15.8. The second kappa shape index (κ2) is 8.25. The van der Waals surface area contributed by atoms with Gasteiger partial charge >= 0.3 is 0 Å². The molecule has 24 heavy (non-hydrogen) atoms. The lowest BCUT2D eigenvalue weighted by Gasteiger charge is -2.28. The molecule has 2 aromatic rings. The summed E-state index contributed by atoms with van der Waals surface area (Å²) in [5.41, 5.74) is 2.11. The summed E-state index contributed by atoms with van der Waals surface area (Å²) in [4.78, 5) is 15.9. The Labute approximate surface area is 148 Å². The summed E-state index contributed by atoms with van der Waals surface area (Å²) in [6, 6.07) is 18.2. The monoisotopic (exact) mass is 340 g/mol. The molecular formula is C20H24N2OS. The molecule has 0 radical (unpaired) electrons. The second-order valence-electron chi connectivity index (χ2n) is 6.16. The van der Waals surface area contributed by atoms with Gasteiger partial charge in [-0.25, -0.2) is 0 Å². The first-order valence-electron chi connectivity index (χ1n) is 8.60. The van der Waals surface area contributed by atoms with E-state index in [9.17, 15) is 4.79 Å². The van der Waals surface area contributed by atoms with Crippen LogP contribution in [0.25, 0.3) is 0 Å². The van der Waals surface area contributed by atoms with E-state index in [-0.39, 0.29) is 11.2 Å². The summed E-state index contributed by atoms with van der Waals surface area (Å²) in [6.45, 7) is 4.21. The zero-order valence-corrected chi connectivity index (χ0v) is 14.9.